The minimum atomic E-state index is -1.82. The van der Waals surface area contributed by atoms with Crippen molar-refractivity contribution in [1.82, 2.24) is 4.98 Å². The van der Waals surface area contributed by atoms with Crippen LogP contribution in [-0.4, -0.2) is 38.3 Å². The fourth-order valence-corrected chi connectivity index (χ4v) is 0.922. The average molecular weight is 241 g/mol. The number of rotatable bonds is 3. The Morgan fingerprint density at radius 2 is 1.94 bits per heavy atom. The molecule has 17 heavy (non-hydrogen) atoms. The number of aliphatic hydroxyl groups excluding tert-OH is 1. The van der Waals surface area contributed by atoms with Crippen LogP contribution in [0, 0.1) is 0 Å². The predicted molar refractivity (Wildman–Crippen MR) is 59.5 cm³/mol. The molecule has 0 fully saturated rings. The number of hydrogen-bond acceptors (Lipinski definition) is 4. The first kappa shape index (κ1) is 15.0. The minimum Gasteiger partial charge on any atom is -0.473 e. The maximum Gasteiger partial charge on any atom is 0.414 e. The Labute approximate surface area is 98.6 Å². The summed E-state index contributed by atoms with van der Waals surface area (Å²) in [5.41, 5.74) is 1.19. The molecule has 6 heteroatoms. The van der Waals surface area contributed by atoms with E-state index >= 15 is 0 Å². The van der Waals surface area contributed by atoms with E-state index in [0.29, 0.717) is 0 Å². The SMILES string of the molecule is CC(O)CCc1cccnc1.O=C(O)C(=O)O. The van der Waals surface area contributed by atoms with Crippen LogP contribution in [0.15, 0.2) is 24.5 Å². The van der Waals surface area contributed by atoms with E-state index in [4.69, 9.17) is 24.9 Å². The highest BCUT2D eigenvalue weighted by Gasteiger charge is 2.04. The lowest BCUT2D eigenvalue weighted by Crippen LogP contribution is -2.09. The van der Waals surface area contributed by atoms with E-state index in [1.54, 1.807) is 13.1 Å². The van der Waals surface area contributed by atoms with Gasteiger partial charge in [-0.2, -0.15) is 0 Å². The summed E-state index contributed by atoms with van der Waals surface area (Å²) in [5.74, 6) is -3.65. The van der Waals surface area contributed by atoms with E-state index in [-0.39, 0.29) is 6.10 Å². The molecule has 0 saturated carbocycles. The zero-order chi connectivity index (χ0) is 13.3. The van der Waals surface area contributed by atoms with Gasteiger partial charge < -0.3 is 15.3 Å². The standard InChI is InChI=1S/C9H13NO.C2H2O4/c1-8(11)4-5-9-3-2-6-10-7-9;3-1(4)2(5)6/h2-3,6-8,11H,4-5H2,1H3;(H,3,4)(H,5,6). The van der Waals surface area contributed by atoms with Crippen LogP contribution in [0.5, 0.6) is 0 Å². The maximum absolute atomic E-state index is 9.10. The lowest BCUT2D eigenvalue weighted by atomic mass is 10.1. The number of nitrogens with zero attached hydrogens (tertiary/aromatic N) is 1. The average Bonchev–Trinajstić information content (AvgIpc) is 2.28. The molecule has 1 aromatic heterocycles. The Balaban J connectivity index is 0.000000366. The van der Waals surface area contributed by atoms with Gasteiger partial charge in [0.1, 0.15) is 0 Å². The number of carboxylic acid groups (broad SMARTS) is 2. The first-order valence-corrected chi connectivity index (χ1v) is 4.96. The van der Waals surface area contributed by atoms with Gasteiger partial charge in [-0.25, -0.2) is 9.59 Å². The normalized spacial score (nSPS) is 10.9. The van der Waals surface area contributed by atoms with Gasteiger partial charge in [-0.15, -0.1) is 0 Å². The van der Waals surface area contributed by atoms with Crippen molar-refractivity contribution in [1.29, 1.82) is 0 Å². The molecule has 3 N–H and O–H groups in total. The number of hydrogen-bond donors (Lipinski definition) is 3. The summed E-state index contributed by atoms with van der Waals surface area (Å²) in [5, 5.41) is 23.8. The van der Waals surface area contributed by atoms with E-state index in [2.05, 4.69) is 4.98 Å². The van der Waals surface area contributed by atoms with Crippen LogP contribution in [0.2, 0.25) is 0 Å². The van der Waals surface area contributed by atoms with Gasteiger partial charge in [0.15, 0.2) is 0 Å². The molecule has 0 saturated heterocycles. The lowest BCUT2D eigenvalue weighted by Gasteiger charge is -2.02. The van der Waals surface area contributed by atoms with Gasteiger partial charge in [0, 0.05) is 12.4 Å². The first-order chi connectivity index (χ1) is 7.93. The van der Waals surface area contributed by atoms with E-state index in [1.165, 1.54) is 5.56 Å². The fourth-order valence-electron chi connectivity index (χ4n) is 0.922. The third-order valence-corrected chi connectivity index (χ3v) is 1.76. The summed E-state index contributed by atoms with van der Waals surface area (Å²) in [7, 11) is 0. The molecule has 6 nitrogen and oxygen atoms in total. The summed E-state index contributed by atoms with van der Waals surface area (Å²) in [6.07, 6.45) is 5.10. The van der Waals surface area contributed by atoms with E-state index < -0.39 is 11.9 Å². The number of carboxylic acids is 2. The molecular weight excluding hydrogens is 226 g/mol. The van der Waals surface area contributed by atoms with Crippen LogP contribution in [-0.2, 0) is 16.0 Å². The van der Waals surface area contributed by atoms with Gasteiger partial charge >= 0.3 is 11.9 Å². The fraction of sp³-hybridized carbons (Fsp3) is 0.364. The molecule has 1 unspecified atom stereocenters. The maximum atomic E-state index is 9.10. The zero-order valence-electron chi connectivity index (χ0n) is 9.41. The van der Waals surface area contributed by atoms with E-state index in [9.17, 15) is 0 Å². The van der Waals surface area contributed by atoms with Gasteiger partial charge in [-0.05, 0) is 31.4 Å². The summed E-state index contributed by atoms with van der Waals surface area (Å²) < 4.78 is 0. The van der Waals surface area contributed by atoms with Crippen LogP contribution in [0.25, 0.3) is 0 Å². The molecular formula is C11H15NO5. The van der Waals surface area contributed by atoms with Crippen molar-refractivity contribution in [2.24, 2.45) is 0 Å². The molecule has 1 atom stereocenters. The number of aliphatic carboxylic acids is 2. The Hall–Kier alpha value is -1.95. The number of aliphatic hydroxyl groups is 1. The monoisotopic (exact) mass is 241 g/mol. The quantitative estimate of drug-likeness (QED) is 0.667. The van der Waals surface area contributed by atoms with Gasteiger partial charge in [-0.1, -0.05) is 6.07 Å². The Morgan fingerprint density at radius 3 is 2.29 bits per heavy atom. The highest BCUT2D eigenvalue weighted by molar-refractivity contribution is 6.27. The second-order valence-corrected chi connectivity index (χ2v) is 3.36. The van der Waals surface area contributed by atoms with Crippen LogP contribution >= 0.6 is 0 Å². The van der Waals surface area contributed by atoms with E-state index in [0.717, 1.165) is 12.8 Å². The molecule has 0 radical (unpaired) electrons. The van der Waals surface area contributed by atoms with Gasteiger partial charge in [-0.3, -0.25) is 4.98 Å². The van der Waals surface area contributed by atoms with Crippen molar-refractivity contribution < 1.29 is 24.9 Å². The van der Waals surface area contributed by atoms with Gasteiger partial charge in [0.25, 0.3) is 0 Å². The Kier molecular flexibility index (Phi) is 7.29. The smallest absolute Gasteiger partial charge is 0.414 e. The Bertz CT molecular complexity index is 338. The summed E-state index contributed by atoms with van der Waals surface area (Å²) in [6, 6.07) is 3.94. The zero-order valence-corrected chi connectivity index (χ0v) is 9.41. The molecule has 0 aliphatic carbocycles. The third-order valence-electron chi connectivity index (χ3n) is 1.76. The van der Waals surface area contributed by atoms with Crippen LogP contribution in [0.4, 0.5) is 0 Å². The summed E-state index contributed by atoms with van der Waals surface area (Å²) in [4.78, 5) is 22.2. The molecule has 0 aliphatic heterocycles. The van der Waals surface area contributed by atoms with Crippen molar-refractivity contribution in [2.75, 3.05) is 0 Å². The first-order valence-electron chi connectivity index (χ1n) is 4.96. The molecule has 1 aromatic rings. The number of pyridine rings is 1. The molecule has 1 rings (SSSR count). The van der Waals surface area contributed by atoms with Crippen LogP contribution in [0.1, 0.15) is 18.9 Å². The molecule has 0 aliphatic rings. The van der Waals surface area contributed by atoms with Crippen molar-refractivity contribution in [3.05, 3.63) is 30.1 Å². The predicted octanol–water partition coefficient (Wildman–Crippen LogP) is 0.551. The number of aromatic nitrogens is 1. The van der Waals surface area contributed by atoms with Gasteiger partial charge in [0.05, 0.1) is 6.10 Å². The van der Waals surface area contributed by atoms with Crippen molar-refractivity contribution >= 4 is 11.9 Å². The second-order valence-electron chi connectivity index (χ2n) is 3.36. The second kappa shape index (κ2) is 8.23. The van der Waals surface area contributed by atoms with Crippen molar-refractivity contribution in [3.8, 4) is 0 Å². The highest BCUT2D eigenvalue weighted by Crippen LogP contribution is 2.02. The molecule has 0 amide bonds. The minimum absolute atomic E-state index is 0.213. The summed E-state index contributed by atoms with van der Waals surface area (Å²) >= 11 is 0. The topological polar surface area (TPSA) is 108 Å². The van der Waals surface area contributed by atoms with Crippen LogP contribution < -0.4 is 0 Å². The van der Waals surface area contributed by atoms with E-state index in [1.807, 2.05) is 18.3 Å². The number of aryl methyl sites for hydroxylation is 1. The van der Waals surface area contributed by atoms with Gasteiger partial charge in [0.2, 0.25) is 0 Å². The summed E-state index contributed by atoms with van der Waals surface area (Å²) in [6.45, 7) is 1.80. The Morgan fingerprint density at radius 1 is 1.35 bits per heavy atom. The highest BCUT2D eigenvalue weighted by atomic mass is 16.4. The molecule has 0 spiro atoms. The molecule has 0 aromatic carbocycles. The largest absolute Gasteiger partial charge is 0.473 e. The van der Waals surface area contributed by atoms with Crippen molar-refractivity contribution in [3.63, 3.8) is 0 Å². The molecule has 0 bridgehead atoms. The molecule has 1 heterocycles. The number of carbonyl (C=O) groups is 2. The third kappa shape index (κ3) is 9.01. The lowest BCUT2D eigenvalue weighted by molar-refractivity contribution is -0.159. The molecule has 94 valence electrons. The van der Waals surface area contributed by atoms with Crippen molar-refractivity contribution in [2.45, 2.75) is 25.9 Å². The van der Waals surface area contributed by atoms with Crippen LogP contribution in [0.3, 0.4) is 0 Å².